The van der Waals surface area contributed by atoms with Crippen molar-refractivity contribution in [2.75, 3.05) is 11.1 Å². The summed E-state index contributed by atoms with van der Waals surface area (Å²) < 4.78 is 11.9. The molecule has 0 unspecified atom stereocenters. The van der Waals surface area contributed by atoms with Gasteiger partial charge in [0.25, 0.3) is 0 Å². The van der Waals surface area contributed by atoms with Gasteiger partial charge in [0.2, 0.25) is 17.6 Å². The Kier molecular flexibility index (Phi) is 6.52. The summed E-state index contributed by atoms with van der Waals surface area (Å²) in [5.74, 6) is 1.28. The molecule has 0 bridgehead atoms. The van der Waals surface area contributed by atoms with Crippen molar-refractivity contribution in [2.24, 2.45) is 0 Å². The number of anilines is 2. The lowest BCUT2D eigenvalue weighted by atomic mass is 10.1. The van der Waals surface area contributed by atoms with Crippen molar-refractivity contribution in [1.82, 2.24) is 30.0 Å². The van der Waals surface area contributed by atoms with Gasteiger partial charge in [-0.25, -0.2) is 9.61 Å². The van der Waals surface area contributed by atoms with Gasteiger partial charge < -0.3 is 20.1 Å². The van der Waals surface area contributed by atoms with Crippen molar-refractivity contribution in [3.8, 4) is 22.9 Å². The summed E-state index contributed by atoms with van der Waals surface area (Å²) in [6.07, 6.45) is 2.53. The summed E-state index contributed by atoms with van der Waals surface area (Å²) in [5.41, 5.74) is 10.2. The van der Waals surface area contributed by atoms with E-state index in [1.165, 1.54) is 5.56 Å². The first-order valence-corrected chi connectivity index (χ1v) is 12.4. The Hall–Kier alpha value is -5.32. The SMILES string of the molecule is Nc1nonc1-c1nc2ccccc2n1CC(=O)Nc1cccc(-c2noc(CCCc3ccccc3)n2)c1. The van der Waals surface area contributed by atoms with Crippen molar-refractivity contribution < 1.29 is 13.9 Å². The number of rotatable bonds is 9. The summed E-state index contributed by atoms with van der Waals surface area (Å²) in [7, 11) is 0. The summed E-state index contributed by atoms with van der Waals surface area (Å²) >= 11 is 0. The van der Waals surface area contributed by atoms with Crippen LogP contribution in [0.3, 0.4) is 0 Å². The maximum atomic E-state index is 13.1. The van der Waals surface area contributed by atoms with Crippen LogP contribution in [0.1, 0.15) is 17.9 Å². The molecule has 0 saturated carbocycles. The quantitative estimate of drug-likeness (QED) is 0.280. The molecular weight excluding hydrogens is 496 g/mol. The number of carbonyl (C=O) groups excluding carboxylic acids is 1. The van der Waals surface area contributed by atoms with E-state index in [4.69, 9.17) is 14.9 Å². The van der Waals surface area contributed by atoms with Gasteiger partial charge in [-0.2, -0.15) is 4.98 Å². The van der Waals surface area contributed by atoms with Crippen LogP contribution >= 0.6 is 0 Å². The maximum Gasteiger partial charge on any atom is 0.244 e. The number of nitrogens with two attached hydrogens (primary N) is 1. The van der Waals surface area contributed by atoms with Gasteiger partial charge in [-0.1, -0.05) is 59.8 Å². The fourth-order valence-corrected chi connectivity index (χ4v) is 4.41. The minimum atomic E-state index is -0.263. The summed E-state index contributed by atoms with van der Waals surface area (Å²) in [4.78, 5) is 22.2. The van der Waals surface area contributed by atoms with Gasteiger partial charge in [-0.05, 0) is 53.0 Å². The highest BCUT2D eigenvalue weighted by atomic mass is 16.6. The monoisotopic (exact) mass is 520 g/mol. The number of imidazole rings is 1. The van der Waals surface area contributed by atoms with Crippen LogP contribution in [0, 0.1) is 0 Å². The number of amides is 1. The summed E-state index contributed by atoms with van der Waals surface area (Å²) in [6, 6.07) is 25.1. The Morgan fingerprint density at radius 1 is 0.897 bits per heavy atom. The van der Waals surface area contributed by atoms with Gasteiger partial charge in [0.05, 0.1) is 11.0 Å². The first kappa shape index (κ1) is 24.0. The highest BCUT2D eigenvalue weighted by molar-refractivity contribution is 5.93. The van der Waals surface area contributed by atoms with E-state index in [0.717, 1.165) is 23.9 Å². The third-order valence-corrected chi connectivity index (χ3v) is 6.25. The van der Waals surface area contributed by atoms with Crippen molar-refractivity contribution in [2.45, 2.75) is 25.8 Å². The molecule has 3 heterocycles. The zero-order valence-corrected chi connectivity index (χ0v) is 20.8. The van der Waals surface area contributed by atoms with Crippen LogP contribution in [0.4, 0.5) is 11.5 Å². The number of aryl methyl sites for hydroxylation is 2. The number of aromatic nitrogens is 6. The molecule has 1 amide bonds. The number of hydrogen-bond donors (Lipinski definition) is 2. The first-order valence-electron chi connectivity index (χ1n) is 12.4. The van der Waals surface area contributed by atoms with Gasteiger partial charge in [0.1, 0.15) is 6.54 Å². The van der Waals surface area contributed by atoms with Crippen LogP contribution in [0.15, 0.2) is 88.0 Å². The third kappa shape index (κ3) is 5.23. The molecule has 3 N–H and O–H groups in total. The Morgan fingerprint density at radius 3 is 2.59 bits per heavy atom. The lowest BCUT2D eigenvalue weighted by Crippen LogP contribution is -2.19. The highest BCUT2D eigenvalue weighted by Gasteiger charge is 2.21. The fourth-order valence-electron chi connectivity index (χ4n) is 4.41. The molecule has 11 heteroatoms. The molecule has 3 aromatic heterocycles. The van der Waals surface area contributed by atoms with E-state index < -0.39 is 0 Å². The number of nitrogens with zero attached hydrogens (tertiary/aromatic N) is 6. The van der Waals surface area contributed by atoms with E-state index in [2.05, 4.69) is 42.9 Å². The summed E-state index contributed by atoms with van der Waals surface area (Å²) in [5, 5.41) is 14.6. The second-order valence-corrected chi connectivity index (χ2v) is 8.99. The van der Waals surface area contributed by atoms with Crippen LogP contribution in [-0.2, 0) is 24.2 Å². The van der Waals surface area contributed by atoms with E-state index in [-0.39, 0.29) is 24.0 Å². The average molecular weight is 521 g/mol. The van der Waals surface area contributed by atoms with Crippen LogP contribution in [0.2, 0.25) is 0 Å². The molecule has 0 spiro atoms. The number of para-hydroxylation sites is 2. The molecular formula is C28H24N8O3. The minimum Gasteiger partial charge on any atom is -0.379 e. The zero-order valence-electron chi connectivity index (χ0n) is 20.8. The Bertz CT molecular complexity index is 1740. The Labute approximate surface area is 222 Å². The largest absolute Gasteiger partial charge is 0.379 e. The molecule has 0 aliphatic carbocycles. The third-order valence-electron chi connectivity index (χ3n) is 6.25. The summed E-state index contributed by atoms with van der Waals surface area (Å²) in [6.45, 7) is -0.0276. The first-order chi connectivity index (χ1) is 19.1. The molecule has 194 valence electrons. The molecule has 0 fully saturated rings. The van der Waals surface area contributed by atoms with Gasteiger partial charge in [-0.15, -0.1) is 0 Å². The molecule has 0 radical (unpaired) electrons. The smallest absolute Gasteiger partial charge is 0.244 e. The Morgan fingerprint density at radius 2 is 1.74 bits per heavy atom. The predicted octanol–water partition coefficient (Wildman–Crippen LogP) is 4.53. The molecule has 3 aromatic carbocycles. The standard InChI is InChI=1S/C28H24N8O3/c29-26-25(33-39-34-26)28-31-21-13-4-5-14-22(21)36(28)17-23(37)30-20-12-7-11-19(16-20)27-32-24(38-35-27)15-6-10-18-8-2-1-3-9-18/h1-5,7-9,11-14,16H,6,10,15,17H2,(H2,29,34)(H,30,37). The van der Waals surface area contributed by atoms with E-state index >= 15 is 0 Å². The van der Waals surface area contributed by atoms with Crippen LogP contribution < -0.4 is 11.1 Å². The van der Waals surface area contributed by atoms with Gasteiger partial charge in [-0.3, -0.25) is 4.79 Å². The second kappa shape index (κ2) is 10.6. The average Bonchev–Trinajstić information content (AvgIpc) is 3.68. The zero-order chi connectivity index (χ0) is 26.6. The van der Waals surface area contributed by atoms with Crippen LogP contribution in [-0.4, -0.2) is 35.9 Å². The number of benzene rings is 3. The lowest BCUT2D eigenvalue weighted by molar-refractivity contribution is -0.116. The number of fused-ring (bicyclic) bond motifs is 1. The number of carbonyl (C=O) groups is 1. The topological polar surface area (TPSA) is 151 Å². The molecule has 39 heavy (non-hydrogen) atoms. The van der Waals surface area contributed by atoms with Crippen molar-refractivity contribution in [3.63, 3.8) is 0 Å². The maximum absolute atomic E-state index is 13.1. The minimum absolute atomic E-state index is 0.0276. The van der Waals surface area contributed by atoms with Crippen molar-refractivity contribution in [1.29, 1.82) is 0 Å². The molecule has 6 rings (SSSR count). The highest BCUT2D eigenvalue weighted by Crippen LogP contribution is 2.27. The predicted molar refractivity (Wildman–Crippen MR) is 144 cm³/mol. The van der Waals surface area contributed by atoms with Crippen molar-refractivity contribution in [3.05, 3.63) is 90.3 Å². The molecule has 0 aliphatic heterocycles. The van der Waals surface area contributed by atoms with E-state index in [1.807, 2.05) is 60.7 Å². The number of nitrogens with one attached hydrogen (secondary N) is 1. The van der Waals surface area contributed by atoms with Gasteiger partial charge in [0.15, 0.2) is 17.3 Å². The molecule has 6 aromatic rings. The van der Waals surface area contributed by atoms with Crippen LogP contribution in [0.5, 0.6) is 0 Å². The Balaban J connectivity index is 1.15. The van der Waals surface area contributed by atoms with E-state index in [9.17, 15) is 4.79 Å². The van der Waals surface area contributed by atoms with E-state index in [1.54, 1.807) is 10.6 Å². The molecule has 0 atom stereocenters. The number of nitrogen functional groups attached to an aromatic ring is 1. The van der Waals surface area contributed by atoms with Gasteiger partial charge >= 0.3 is 0 Å². The normalized spacial score (nSPS) is 11.2. The van der Waals surface area contributed by atoms with Crippen molar-refractivity contribution >= 4 is 28.4 Å². The van der Waals surface area contributed by atoms with E-state index in [0.29, 0.717) is 35.2 Å². The molecule has 0 saturated heterocycles. The lowest BCUT2D eigenvalue weighted by Gasteiger charge is -2.09. The molecule has 11 nitrogen and oxygen atoms in total. The van der Waals surface area contributed by atoms with Gasteiger partial charge in [0, 0.05) is 17.7 Å². The number of hydrogen-bond acceptors (Lipinski definition) is 9. The molecule has 0 aliphatic rings. The van der Waals surface area contributed by atoms with Crippen LogP contribution in [0.25, 0.3) is 33.9 Å². The second-order valence-electron chi connectivity index (χ2n) is 8.99. The fraction of sp³-hybridized carbons (Fsp3) is 0.143.